The van der Waals surface area contributed by atoms with Crippen molar-refractivity contribution >= 4 is 17.3 Å². The van der Waals surface area contributed by atoms with E-state index in [1.54, 1.807) is 18.2 Å². The molecule has 106 valence electrons. The summed E-state index contributed by atoms with van der Waals surface area (Å²) in [5, 5.41) is 3.26. The molecule has 0 bridgehead atoms. The topological polar surface area (TPSA) is 84.4 Å². The number of nitrogens with one attached hydrogen (secondary N) is 1. The largest absolute Gasteiger partial charge is 0.397 e. The maximum absolute atomic E-state index is 11.4. The predicted molar refractivity (Wildman–Crippen MR) is 80.2 cm³/mol. The number of nitrogen functional groups attached to an aromatic ring is 1. The molecule has 1 rings (SSSR count). The Bertz CT molecular complexity index is 455. The molecule has 1 aromatic rings. The van der Waals surface area contributed by atoms with E-state index in [9.17, 15) is 4.79 Å². The molecular formula is C14H24N4O. The molecule has 0 atom stereocenters. The van der Waals surface area contributed by atoms with E-state index in [0.717, 1.165) is 6.54 Å². The van der Waals surface area contributed by atoms with E-state index in [-0.39, 0.29) is 5.41 Å². The maximum atomic E-state index is 11.4. The number of rotatable bonds is 6. The summed E-state index contributed by atoms with van der Waals surface area (Å²) in [5.41, 5.74) is 12.9. The zero-order chi connectivity index (χ0) is 14.6. The van der Waals surface area contributed by atoms with E-state index in [0.29, 0.717) is 23.5 Å². The second-order valence-electron chi connectivity index (χ2n) is 5.89. The quantitative estimate of drug-likeness (QED) is 0.677. The first kappa shape index (κ1) is 15.3. The lowest BCUT2D eigenvalue weighted by Gasteiger charge is -2.29. The second kappa shape index (κ2) is 5.93. The Morgan fingerprint density at radius 2 is 2.00 bits per heavy atom. The molecule has 0 aromatic heterocycles. The van der Waals surface area contributed by atoms with Gasteiger partial charge in [-0.05, 0) is 31.6 Å². The van der Waals surface area contributed by atoms with Crippen LogP contribution in [-0.4, -0.2) is 38.0 Å². The predicted octanol–water partition coefficient (Wildman–Crippen LogP) is 1.37. The van der Waals surface area contributed by atoms with Crippen molar-refractivity contribution in [2.75, 3.05) is 38.2 Å². The Morgan fingerprint density at radius 1 is 1.37 bits per heavy atom. The van der Waals surface area contributed by atoms with E-state index in [1.807, 2.05) is 14.1 Å². The van der Waals surface area contributed by atoms with Gasteiger partial charge in [0.1, 0.15) is 0 Å². The molecule has 0 spiro atoms. The highest BCUT2D eigenvalue weighted by atomic mass is 16.1. The van der Waals surface area contributed by atoms with E-state index in [1.165, 1.54) is 0 Å². The third-order valence-electron chi connectivity index (χ3n) is 2.85. The third-order valence-corrected chi connectivity index (χ3v) is 2.85. The fourth-order valence-electron chi connectivity index (χ4n) is 2.21. The van der Waals surface area contributed by atoms with Crippen molar-refractivity contribution in [3.05, 3.63) is 23.8 Å². The molecule has 0 aliphatic rings. The van der Waals surface area contributed by atoms with E-state index >= 15 is 0 Å². The van der Waals surface area contributed by atoms with Gasteiger partial charge >= 0.3 is 0 Å². The van der Waals surface area contributed by atoms with Crippen LogP contribution in [0.4, 0.5) is 11.4 Å². The van der Waals surface area contributed by atoms with Gasteiger partial charge in [-0.1, -0.05) is 19.9 Å². The first-order valence-corrected chi connectivity index (χ1v) is 6.30. The minimum Gasteiger partial charge on any atom is -0.397 e. The number of para-hydroxylation sites is 1. The molecule has 0 aliphatic heterocycles. The van der Waals surface area contributed by atoms with Crippen LogP contribution in [0.1, 0.15) is 24.2 Å². The summed E-state index contributed by atoms with van der Waals surface area (Å²) in [6.07, 6.45) is 0. The van der Waals surface area contributed by atoms with Crippen LogP contribution in [0, 0.1) is 5.41 Å². The van der Waals surface area contributed by atoms with E-state index in [4.69, 9.17) is 11.5 Å². The minimum atomic E-state index is -0.472. The van der Waals surface area contributed by atoms with Crippen molar-refractivity contribution in [3.8, 4) is 0 Å². The average Bonchev–Trinajstić information content (AvgIpc) is 2.25. The molecule has 0 radical (unpaired) electrons. The molecular weight excluding hydrogens is 240 g/mol. The molecule has 1 amide bonds. The van der Waals surface area contributed by atoms with Crippen LogP contribution in [0.15, 0.2) is 18.2 Å². The summed E-state index contributed by atoms with van der Waals surface area (Å²) >= 11 is 0. The molecule has 1 aromatic carbocycles. The third kappa shape index (κ3) is 4.44. The van der Waals surface area contributed by atoms with Crippen molar-refractivity contribution < 1.29 is 4.79 Å². The molecule has 0 saturated carbocycles. The van der Waals surface area contributed by atoms with Gasteiger partial charge < -0.3 is 21.7 Å². The Hall–Kier alpha value is -1.75. The molecule has 0 unspecified atom stereocenters. The molecule has 0 saturated heterocycles. The minimum absolute atomic E-state index is 0.0562. The van der Waals surface area contributed by atoms with Gasteiger partial charge in [0.05, 0.1) is 16.9 Å². The zero-order valence-electron chi connectivity index (χ0n) is 12.2. The molecule has 5 N–H and O–H groups in total. The molecule has 0 fully saturated rings. The lowest BCUT2D eigenvalue weighted by atomic mass is 9.92. The van der Waals surface area contributed by atoms with Crippen LogP contribution in [0.25, 0.3) is 0 Å². The van der Waals surface area contributed by atoms with Crippen molar-refractivity contribution in [1.29, 1.82) is 0 Å². The number of hydrogen-bond donors (Lipinski definition) is 3. The van der Waals surface area contributed by atoms with Crippen LogP contribution in [0.3, 0.4) is 0 Å². The van der Waals surface area contributed by atoms with Crippen LogP contribution >= 0.6 is 0 Å². The first-order valence-electron chi connectivity index (χ1n) is 6.30. The monoisotopic (exact) mass is 264 g/mol. The summed E-state index contributed by atoms with van der Waals surface area (Å²) in [6.45, 7) is 5.95. The fourth-order valence-corrected chi connectivity index (χ4v) is 2.21. The van der Waals surface area contributed by atoms with Crippen LogP contribution in [-0.2, 0) is 0 Å². The molecule has 5 nitrogen and oxygen atoms in total. The van der Waals surface area contributed by atoms with Gasteiger partial charge in [-0.15, -0.1) is 0 Å². The Morgan fingerprint density at radius 3 is 2.53 bits per heavy atom. The summed E-state index contributed by atoms with van der Waals surface area (Å²) in [6, 6.07) is 5.17. The van der Waals surface area contributed by atoms with E-state index < -0.39 is 5.91 Å². The normalized spacial score (nSPS) is 11.6. The summed E-state index contributed by atoms with van der Waals surface area (Å²) in [5.74, 6) is -0.472. The van der Waals surface area contributed by atoms with Crippen LogP contribution < -0.4 is 16.8 Å². The lowest BCUT2D eigenvalue weighted by molar-refractivity contribution is 0.100. The number of nitrogens with zero attached hydrogens (tertiary/aromatic N) is 1. The summed E-state index contributed by atoms with van der Waals surface area (Å²) in [4.78, 5) is 13.5. The van der Waals surface area contributed by atoms with Gasteiger partial charge in [0.2, 0.25) is 0 Å². The Balaban J connectivity index is 2.86. The highest BCUT2D eigenvalue weighted by molar-refractivity contribution is 6.01. The highest BCUT2D eigenvalue weighted by Gasteiger charge is 2.20. The first-order chi connectivity index (χ1) is 8.73. The number of nitrogens with two attached hydrogens (primary N) is 2. The number of carbonyl (C=O) groups excluding carboxylic acids is 1. The van der Waals surface area contributed by atoms with Crippen molar-refractivity contribution in [3.63, 3.8) is 0 Å². The van der Waals surface area contributed by atoms with Crippen LogP contribution in [0.2, 0.25) is 0 Å². The van der Waals surface area contributed by atoms with Gasteiger partial charge in [-0.25, -0.2) is 0 Å². The van der Waals surface area contributed by atoms with E-state index in [2.05, 4.69) is 24.1 Å². The number of amides is 1. The number of primary amides is 1. The zero-order valence-corrected chi connectivity index (χ0v) is 12.2. The van der Waals surface area contributed by atoms with Crippen LogP contribution in [0.5, 0.6) is 0 Å². The number of anilines is 2. The van der Waals surface area contributed by atoms with Gasteiger partial charge in [-0.2, -0.15) is 0 Å². The highest BCUT2D eigenvalue weighted by Crippen LogP contribution is 2.25. The molecule has 0 aliphatic carbocycles. The smallest absolute Gasteiger partial charge is 0.250 e. The summed E-state index contributed by atoms with van der Waals surface area (Å²) in [7, 11) is 4.07. The Labute approximate surface area is 115 Å². The SMILES string of the molecule is CN(C)CC(C)(C)CNc1c(N)cccc1C(N)=O. The van der Waals surface area contributed by atoms with Gasteiger partial charge in [0, 0.05) is 13.1 Å². The van der Waals surface area contributed by atoms with Crippen molar-refractivity contribution in [2.45, 2.75) is 13.8 Å². The Kier molecular flexibility index (Phi) is 4.78. The van der Waals surface area contributed by atoms with Gasteiger partial charge in [0.25, 0.3) is 5.91 Å². The lowest BCUT2D eigenvalue weighted by Crippen LogP contribution is -2.34. The summed E-state index contributed by atoms with van der Waals surface area (Å²) < 4.78 is 0. The van der Waals surface area contributed by atoms with Gasteiger partial charge in [0.15, 0.2) is 0 Å². The van der Waals surface area contributed by atoms with Gasteiger partial charge in [-0.3, -0.25) is 4.79 Å². The fraction of sp³-hybridized carbons (Fsp3) is 0.500. The number of benzene rings is 1. The van der Waals surface area contributed by atoms with Crippen molar-refractivity contribution in [2.24, 2.45) is 11.1 Å². The average molecular weight is 264 g/mol. The molecule has 19 heavy (non-hydrogen) atoms. The maximum Gasteiger partial charge on any atom is 0.250 e. The number of hydrogen-bond acceptors (Lipinski definition) is 4. The number of carbonyl (C=O) groups is 1. The molecule has 5 heteroatoms. The standard InChI is InChI=1S/C14H24N4O/c1-14(2,9-18(3)4)8-17-12-10(13(16)19)6-5-7-11(12)15/h5-7,17H,8-9,15H2,1-4H3,(H2,16,19). The van der Waals surface area contributed by atoms with Crippen molar-refractivity contribution in [1.82, 2.24) is 4.90 Å². The second-order valence-corrected chi connectivity index (χ2v) is 5.89. The molecule has 0 heterocycles.